The molecule has 1 unspecified atom stereocenters. The summed E-state index contributed by atoms with van der Waals surface area (Å²) in [5.74, 6) is 1.70. The molecule has 0 amide bonds. The Labute approximate surface area is 137 Å². The molecule has 0 saturated carbocycles. The summed E-state index contributed by atoms with van der Waals surface area (Å²) in [7, 11) is 1.68. The highest BCUT2D eigenvalue weighted by molar-refractivity contribution is 5.94. The van der Waals surface area contributed by atoms with Gasteiger partial charge in [-0.3, -0.25) is 0 Å². The van der Waals surface area contributed by atoms with Crippen molar-refractivity contribution in [2.24, 2.45) is 0 Å². The number of hydrogen-bond acceptors (Lipinski definition) is 4. The first-order valence-corrected chi connectivity index (χ1v) is 8.31. The second kappa shape index (κ2) is 7.66. The number of benzene rings is 2. The average Bonchev–Trinajstić information content (AvgIpc) is 2.61. The Morgan fingerprint density at radius 3 is 2.74 bits per heavy atom. The molecule has 23 heavy (non-hydrogen) atoms. The zero-order chi connectivity index (χ0) is 16.1. The van der Waals surface area contributed by atoms with Crippen molar-refractivity contribution in [2.45, 2.75) is 38.4 Å². The van der Waals surface area contributed by atoms with E-state index in [0.29, 0.717) is 6.42 Å². The number of aryl methyl sites for hydroxylation is 1. The minimum atomic E-state index is -0.187. The molecular formula is C19H24O4. The Morgan fingerprint density at radius 1 is 1.22 bits per heavy atom. The van der Waals surface area contributed by atoms with Gasteiger partial charge in [0.05, 0.1) is 13.7 Å². The van der Waals surface area contributed by atoms with E-state index in [1.807, 2.05) is 24.3 Å². The lowest BCUT2D eigenvalue weighted by Gasteiger charge is -2.26. The maximum absolute atomic E-state index is 9.18. The zero-order valence-electron chi connectivity index (χ0n) is 13.6. The van der Waals surface area contributed by atoms with Crippen molar-refractivity contribution >= 4 is 10.8 Å². The zero-order valence-corrected chi connectivity index (χ0v) is 13.6. The molecule has 1 N–H and O–H groups in total. The number of ether oxygens (including phenoxy) is 3. The fraction of sp³-hybridized carbons (Fsp3) is 0.474. The van der Waals surface area contributed by atoms with Crippen LogP contribution in [0.2, 0.25) is 0 Å². The molecule has 1 heterocycles. The van der Waals surface area contributed by atoms with E-state index in [1.54, 1.807) is 7.11 Å². The lowest BCUT2D eigenvalue weighted by molar-refractivity contribution is -0.105. The van der Waals surface area contributed by atoms with Gasteiger partial charge in [-0.15, -0.1) is 0 Å². The summed E-state index contributed by atoms with van der Waals surface area (Å²) < 4.78 is 17.5. The largest absolute Gasteiger partial charge is 0.496 e. The molecule has 1 atom stereocenters. The van der Waals surface area contributed by atoms with Gasteiger partial charge in [0.2, 0.25) is 0 Å². The van der Waals surface area contributed by atoms with E-state index in [1.165, 1.54) is 0 Å². The molecule has 1 aliphatic rings. The number of aliphatic hydroxyl groups is 1. The number of rotatable bonds is 6. The normalized spacial score (nSPS) is 18.1. The Morgan fingerprint density at radius 2 is 2.04 bits per heavy atom. The SMILES string of the molecule is COc1cc(CCCO)c(OC2CCCCO2)c2ccccc12. The van der Waals surface area contributed by atoms with Crippen molar-refractivity contribution < 1.29 is 19.3 Å². The lowest BCUT2D eigenvalue weighted by atomic mass is 10.0. The molecule has 1 fully saturated rings. The highest BCUT2D eigenvalue weighted by Gasteiger charge is 2.20. The first-order valence-electron chi connectivity index (χ1n) is 8.31. The third-order valence-corrected chi connectivity index (χ3v) is 4.25. The Balaban J connectivity index is 2.03. The monoisotopic (exact) mass is 316 g/mol. The van der Waals surface area contributed by atoms with Crippen molar-refractivity contribution in [3.63, 3.8) is 0 Å². The number of aliphatic hydroxyl groups excluding tert-OH is 1. The van der Waals surface area contributed by atoms with Crippen molar-refractivity contribution in [1.29, 1.82) is 0 Å². The van der Waals surface area contributed by atoms with E-state index in [-0.39, 0.29) is 12.9 Å². The van der Waals surface area contributed by atoms with E-state index in [2.05, 4.69) is 6.07 Å². The summed E-state index contributed by atoms with van der Waals surface area (Å²) in [5, 5.41) is 11.3. The van der Waals surface area contributed by atoms with Gasteiger partial charge in [-0.25, -0.2) is 0 Å². The smallest absolute Gasteiger partial charge is 0.199 e. The van der Waals surface area contributed by atoms with E-state index in [9.17, 15) is 5.11 Å². The molecule has 0 bridgehead atoms. The lowest BCUT2D eigenvalue weighted by Crippen LogP contribution is -2.25. The summed E-state index contributed by atoms with van der Waals surface area (Å²) in [6, 6.07) is 10.1. The summed E-state index contributed by atoms with van der Waals surface area (Å²) in [6.07, 6.45) is 4.40. The average molecular weight is 316 g/mol. The number of fused-ring (bicyclic) bond motifs is 1. The van der Waals surface area contributed by atoms with Crippen LogP contribution < -0.4 is 9.47 Å². The van der Waals surface area contributed by atoms with Crippen LogP contribution in [0.5, 0.6) is 11.5 Å². The fourth-order valence-corrected chi connectivity index (χ4v) is 3.07. The summed E-state index contributed by atoms with van der Waals surface area (Å²) in [6.45, 7) is 0.916. The molecular weight excluding hydrogens is 292 g/mol. The minimum absolute atomic E-state index is 0.161. The first kappa shape index (κ1) is 16.1. The van der Waals surface area contributed by atoms with Crippen molar-refractivity contribution in [2.75, 3.05) is 20.3 Å². The van der Waals surface area contributed by atoms with Gasteiger partial charge in [0.25, 0.3) is 0 Å². The number of methoxy groups -OCH3 is 1. The second-order valence-electron chi connectivity index (χ2n) is 5.85. The van der Waals surface area contributed by atoms with Crippen LogP contribution in [0.15, 0.2) is 30.3 Å². The van der Waals surface area contributed by atoms with Gasteiger partial charge in [-0.2, -0.15) is 0 Å². The summed E-state index contributed by atoms with van der Waals surface area (Å²) in [5.41, 5.74) is 1.06. The Kier molecular flexibility index (Phi) is 5.36. The predicted molar refractivity (Wildman–Crippen MR) is 90.1 cm³/mol. The van der Waals surface area contributed by atoms with E-state index in [4.69, 9.17) is 14.2 Å². The fourth-order valence-electron chi connectivity index (χ4n) is 3.07. The molecule has 0 aromatic heterocycles. The van der Waals surface area contributed by atoms with E-state index in [0.717, 1.165) is 60.1 Å². The topological polar surface area (TPSA) is 47.9 Å². The molecule has 0 spiro atoms. The van der Waals surface area contributed by atoms with Crippen LogP contribution in [0.3, 0.4) is 0 Å². The highest BCUT2D eigenvalue weighted by Crippen LogP contribution is 2.38. The van der Waals surface area contributed by atoms with E-state index >= 15 is 0 Å². The number of hydrogen-bond donors (Lipinski definition) is 1. The van der Waals surface area contributed by atoms with Crippen molar-refractivity contribution in [3.05, 3.63) is 35.9 Å². The van der Waals surface area contributed by atoms with Crippen LogP contribution in [-0.2, 0) is 11.2 Å². The van der Waals surface area contributed by atoms with Crippen LogP contribution in [0, 0.1) is 0 Å². The van der Waals surface area contributed by atoms with Gasteiger partial charge in [0.15, 0.2) is 6.29 Å². The molecule has 1 aliphatic heterocycles. The Bertz CT molecular complexity index is 647. The second-order valence-corrected chi connectivity index (χ2v) is 5.85. The van der Waals surface area contributed by atoms with Crippen LogP contribution >= 0.6 is 0 Å². The predicted octanol–water partition coefficient (Wildman–Crippen LogP) is 3.68. The molecule has 3 rings (SSSR count). The summed E-state index contributed by atoms with van der Waals surface area (Å²) in [4.78, 5) is 0. The van der Waals surface area contributed by atoms with Crippen molar-refractivity contribution in [3.8, 4) is 11.5 Å². The molecule has 1 saturated heterocycles. The maximum atomic E-state index is 9.18. The Hall–Kier alpha value is -1.78. The van der Waals surface area contributed by atoms with Crippen LogP contribution in [-0.4, -0.2) is 31.7 Å². The molecule has 2 aromatic rings. The molecule has 0 radical (unpaired) electrons. The first-order chi connectivity index (χ1) is 11.3. The quantitative estimate of drug-likeness (QED) is 0.883. The molecule has 4 nitrogen and oxygen atoms in total. The highest BCUT2D eigenvalue weighted by atomic mass is 16.7. The van der Waals surface area contributed by atoms with Crippen LogP contribution in [0.25, 0.3) is 10.8 Å². The standard InChI is InChI=1S/C19H24O4/c1-21-17-13-14(7-6-11-20)19(16-9-3-2-8-15(16)17)23-18-10-4-5-12-22-18/h2-3,8-9,13,18,20H,4-7,10-12H2,1H3. The minimum Gasteiger partial charge on any atom is -0.496 e. The van der Waals surface area contributed by atoms with Crippen molar-refractivity contribution in [1.82, 2.24) is 0 Å². The van der Waals surface area contributed by atoms with Gasteiger partial charge in [-0.05, 0) is 37.3 Å². The summed E-state index contributed by atoms with van der Waals surface area (Å²) >= 11 is 0. The maximum Gasteiger partial charge on any atom is 0.199 e. The van der Waals surface area contributed by atoms with E-state index < -0.39 is 0 Å². The van der Waals surface area contributed by atoms with Gasteiger partial charge in [0.1, 0.15) is 11.5 Å². The van der Waals surface area contributed by atoms with Crippen LogP contribution in [0.1, 0.15) is 31.2 Å². The van der Waals surface area contributed by atoms with Gasteiger partial charge < -0.3 is 19.3 Å². The van der Waals surface area contributed by atoms with Gasteiger partial charge >= 0.3 is 0 Å². The van der Waals surface area contributed by atoms with Gasteiger partial charge in [-0.1, -0.05) is 24.3 Å². The third kappa shape index (κ3) is 3.59. The van der Waals surface area contributed by atoms with Gasteiger partial charge in [0, 0.05) is 23.8 Å². The third-order valence-electron chi connectivity index (χ3n) is 4.25. The molecule has 2 aromatic carbocycles. The molecule has 0 aliphatic carbocycles. The van der Waals surface area contributed by atoms with Crippen LogP contribution in [0.4, 0.5) is 0 Å². The molecule has 4 heteroatoms. The molecule has 124 valence electrons.